The molecule has 9 heavy (non-hydrogen) atoms. The summed E-state index contributed by atoms with van der Waals surface area (Å²) in [5.74, 6) is 0.635. The zero-order valence-corrected chi connectivity index (χ0v) is 9.13. The minimum absolute atomic E-state index is 0.635. The van der Waals surface area contributed by atoms with Gasteiger partial charge in [0.15, 0.2) is 0 Å². The molecule has 0 fully saturated rings. The topological polar surface area (TPSA) is 0 Å². The predicted molar refractivity (Wildman–Crippen MR) is 50.2 cm³/mol. The van der Waals surface area contributed by atoms with E-state index in [-0.39, 0.29) is 0 Å². The van der Waals surface area contributed by atoms with Gasteiger partial charge in [-0.3, -0.25) is 0 Å². The van der Waals surface area contributed by atoms with Gasteiger partial charge in [-0.15, -0.1) is 44.8 Å². The summed E-state index contributed by atoms with van der Waals surface area (Å²) >= 11 is 20.0. The molecule has 0 bridgehead atoms. The van der Waals surface area contributed by atoms with E-state index in [4.69, 9.17) is 44.8 Å². The van der Waals surface area contributed by atoms with E-state index in [1.54, 1.807) is 0 Å². The highest BCUT2D eigenvalue weighted by atomic mass is 35.8. The number of alkyl halides is 1. The van der Waals surface area contributed by atoms with E-state index in [2.05, 4.69) is 0 Å². The van der Waals surface area contributed by atoms with Crippen LogP contribution in [0, 0.1) is 0 Å². The molecular formula is C4H8Cl4Si. The third-order valence-corrected chi connectivity index (χ3v) is 0.503. The molecule has 0 aliphatic heterocycles. The molecular weight excluding hydrogens is 218 g/mol. The maximum absolute atomic E-state index is 5.21. The second kappa shape index (κ2) is 11.9. The fourth-order valence-electron chi connectivity index (χ4n) is 0.0891. The van der Waals surface area contributed by atoms with Gasteiger partial charge in [0.05, 0.1) is 0 Å². The number of halogens is 4. The lowest BCUT2D eigenvalue weighted by Crippen LogP contribution is -1.66. The van der Waals surface area contributed by atoms with Crippen LogP contribution in [0.25, 0.3) is 0 Å². The van der Waals surface area contributed by atoms with Crippen LogP contribution in [0.3, 0.4) is 0 Å². The Morgan fingerprint density at radius 3 is 1.67 bits per heavy atom. The lowest BCUT2D eigenvalue weighted by molar-refractivity contribution is 1.65. The van der Waals surface area contributed by atoms with Crippen LogP contribution < -0.4 is 0 Å². The fraction of sp³-hybridized carbons (Fsp3) is 0.500. The van der Waals surface area contributed by atoms with Crippen molar-refractivity contribution < 1.29 is 0 Å². The molecule has 0 saturated carbocycles. The van der Waals surface area contributed by atoms with Crippen molar-refractivity contribution in [2.24, 2.45) is 0 Å². The van der Waals surface area contributed by atoms with Gasteiger partial charge in [-0.1, -0.05) is 12.2 Å². The third-order valence-electron chi connectivity index (χ3n) is 0.325. The lowest BCUT2D eigenvalue weighted by atomic mass is 10.6. The Bertz CT molecular complexity index is 60.8. The highest BCUT2D eigenvalue weighted by Crippen LogP contribution is 1.97. The molecule has 0 aliphatic carbocycles. The summed E-state index contributed by atoms with van der Waals surface area (Å²) in [6.45, 7) is 0.225. The van der Waals surface area contributed by atoms with Crippen molar-refractivity contribution in [3.05, 3.63) is 12.2 Å². The Hall–Kier alpha value is 1.12. The highest BCUT2D eigenvalue weighted by Gasteiger charge is 1.85. The molecule has 0 aromatic rings. The van der Waals surface area contributed by atoms with Gasteiger partial charge in [0.2, 0.25) is 0 Å². The molecule has 0 radical (unpaired) electrons. The normalized spacial score (nSPS) is 9.56. The molecule has 0 aromatic heterocycles. The first kappa shape index (κ1) is 12.8. The Morgan fingerprint density at radius 1 is 1.33 bits per heavy atom. The van der Waals surface area contributed by atoms with Crippen molar-refractivity contribution in [2.75, 3.05) is 5.88 Å². The van der Waals surface area contributed by atoms with Gasteiger partial charge in [-0.2, -0.15) is 0 Å². The van der Waals surface area contributed by atoms with E-state index in [0.717, 1.165) is 0 Å². The van der Waals surface area contributed by atoms with E-state index in [1.807, 2.05) is 19.1 Å². The number of hydrogen-bond acceptors (Lipinski definition) is 0. The molecule has 0 atom stereocenters. The first-order chi connectivity index (χ1) is 4.15. The maximum Gasteiger partial charge on any atom is 0.326 e. The molecule has 0 rings (SSSR count). The van der Waals surface area contributed by atoms with E-state index >= 15 is 0 Å². The van der Waals surface area contributed by atoms with Gasteiger partial charge in [0, 0.05) is 5.88 Å². The summed E-state index contributed by atoms with van der Waals surface area (Å²) in [4.78, 5) is 0. The van der Waals surface area contributed by atoms with Gasteiger partial charge in [0.1, 0.15) is 0 Å². The van der Waals surface area contributed by atoms with Crippen LogP contribution in [0.4, 0.5) is 0 Å². The van der Waals surface area contributed by atoms with Crippen LogP contribution >= 0.6 is 44.8 Å². The largest absolute Gasteiger partial charge is 0.326 e. The van der Waals surface area contributed by atoms with Crippen molar-refractivity contribution >= 4 is 51.6 Å². The number of allylic oxidation sites excluding steroid dienone is 2. The van der Waals surface area contributed by atoms with E-state index in [1.165, 1.54) is 0 Å². The molecule has 0 aromatic carbocycles. The zero-order valence-electron chi connectivity index (χ0n) is 4.95. The molecule has 0 heterocycles. The van der Waals surface area contributed by atoms with Crippen LogP contribution in [0.2, 0.25) is 0 Å². The van der Waals surface area contributed by atoms with Gasteiger partial charge >= 0.3 is 6.73 Å². The van der Waals surface area contributed by atoms with Crippen molar-refractivity contribution in [3.8, 4) is 0 Å². The lowest BCUT2D eigenvalue weighted by Gasteiger charge is -1.65. The van der Waals surface area contributed by atoms with Gasteiger partial charge in [0.25, 0.3) is 0 Å². The van der Waals surface area contributed by atoms with Crippen LogP contribution in [-0.4, -0.2) is 12.6 Å². The van der Waals surface area contributed by atoms with Gasteiger partial charge < -0.3 is 0 Å². The Morgan fingerprint density at radius 2 is 1.67 bits per heavy atom. The second-order valence-electron chi connectivity index (χ2n) is 0.971. The summed E-state index contributed by atoms with van der Waals surface area (Å²) < 4.78 is 0. The molecule has 0 aliphatic rings. The van der Waals surface area contributed by atoms with Crippen LogP contribution in [0.1, 0.15) is 6.92 Å². The monoisotopic (exact) mass is 224 g/mol. The minimum Gasteiger partial charge on any atom is -0.130 e. The molecule has 0 unspecified atom stereocenters. The minimum atomic E-state index is -1.72. The van der Waals surface area contributed by atoms with Crippen LogP contribution in [-0.2, 0) is 0 Å². The van der Waals surface area contributed by atoms with Crippen molar-refractivity contribution in [1.29, 1.82) is 0 Å². The molecule has 56 valence electrons. The van der Waals surface area contributed by atoms with E-state index in [0.29, 0.717) is 5.88 Å². The second-order valence-corrected chi connectivity index (χ2v) is 7.71. The molecule has 0 saturated heterocycles. The average Bonchev–Trinajstić information content (AvgIpc) is 1.66. The molecule has 0 spiro atoms. The summed E-state index contributed by atoms with van der Waals surface area (Å²) in [6, 6.07) is 0. The first-order valence-electron chi connectivity index (χ1n) is 2.24. The first-order valence-corrected chi connectivity index (χ1v) is 8.01. The molecule has 0 N–H and O–H groups in total. The standard InChI is InChI=1S/C4H7Cl.Cl3HSi/c1-2-3-4-5;1-4(2)3/h2-3H,4H2,1H3;4H. The SMILES string of the molecule is CC=CCCl.Cl[SiH](Cl)Cl. The molecule has 0 nitrogen and oxygen atoms in total. The fourth-order valence-corrected chi connectivity index (χ4v) is 0.267. The number of hydrogen-bond donors (Lipinski definition) is 0. The van der Waals surface area contributed by atoms with Crippen molar-refractivity contribution in [3.63, 3.8) is 0 Å². The summed E-state index contributed by atoms with van der Waals surface area (Å²) in [6.07, 6.45) is 3.81. The summed E-state index contributed by atoms with van der Waals surface area (Å²) in [7, 11) is 0. The maximum atomic E-state index is 5.21. The Balaban J connectivity index is 0. The summed E-state index contributed by atoms with van der Waals surface area (Å²) in [5, 5.41) is 0. The third kappa shape index (κ3) is 47.5. The van der Waals surface area contributed by atoms with Crippen molar-refractivity contribution in [1.82, 2.24) is 0 Å². The van der Waals surface area contributed by atoms with Crippen LogP contribution in [0.5, 0.6) is 0 Å². The summed E-state index contributed by atoms with van der Waals surface area (Å²) in [5.41, 5.74) is 0. The Labute approximate surface area is 76.5 Å². The average molecular weight is 226 g/mol. The van der Waals surface area contributed by atoms with Gasteiger partial charge in [-0.05, 0) is 6.92 Å². The van der Waals surface area contributed by atoms with E-state index < -0.39 is 6.73 Å². The van der Waals surface area contributed by atoms with Crippen molar-refractivity contribution in [2.45, 2.75) is 6.92 Å². The van der Waals surface area contributed by atoms with E-state index in [9.17, 15) is 0 Å². The zero-order chi connectivity index (χ0) is 7.70. The molecule has 5 heteroatoms. The highest BCUT2D eigenvalue weighted by molar-refractivity contribution is 7.54. The Kier molecular flexibility index (Phi) is 16.8. The smallest absolute Gasteiger partial charge is 0.130 e. The van der Waals surface area contributed by atoms with Crippen LogP contribution in [0.15, 0.2) is 12.2 Å². The number of rotatable bonds is 1. The molecule has 0 amide bonds. The predicted octanol–water partition coefficient (Wildman–Crippen LogP) is 3.22. The quantitative estimate of drug-likeness (QED) is 0.278. The van der Waals surface area contributed by atoms with Gasteiger partial charge in [-0.25, -0.2) is 0 Å².